The van der Waals surface area contributed by atoms with E-state index in [4.69, 9.17) is 9.15 Å². The highest BCUT2D eigenvalue weighted by molar-refractivity contribution is 6.46. The van der Waals surface area contributed by atoms with Gasteiger partial charge < -0.3 is 24.1 Å². The Kier molecular flexibility index (Phi) is 6.74. The van der Waals surface area contributed by atoms with Crippen molar-refractivity contribution in [3.8, 4) is 5.75 Å². The second-order valence-corrected chi connectivity index (χ2v) is 7.29. The van der Waals surface area contributed by atoms with Gasteiger partial charge in [0.25, 0.3) is 11.7 Å². The lowest BCUT2D eigenvalue weighted by Gasteiger charge is -2.24. The van der Waals surface area contributed by atoms with E-state index < -0.39 is 17.7 Å². The molecule has 158 valence electrons. The summed E-state index contributed by atoms with van der Waals surface area (Å²) >= 11 is 0. The highest BCUT2D eigenvalue weighted by Gasteiger charge is 2.47. The fourth-order valence-electron chi connectivity index (χ4n) is 3.43. The van der Waals surface area contributed by atoms with Crippen LogP contribution in [0.15, 0.2) is 65.3 Å². The molecule has 0 spiro atoms. The van der Waals surface area contributed by atoms with Crippen molar-refractivity contribution in [3.05, 3.63) is 72.2 Å². The van der Waals surface area contributed by atoms with Crippen molar-refractivity contribution in [3.63, 3.8) is 0 Å². The molecule has 0 radical (unpaired) electrons. The summed E-state index contributed by atoms with van der Waals surface area (Å²) in [5, 5.41) is 10.9. The number of ether oxygens (including phenoxy) is 1. The van der Waals surface area contributed by atoms with Gasteiger partial charge in [-0.05, 0) is 63.5 Å². The van der Waals surface area contributed by atoms with E-state index in [1.54, 1.807) is 42.5 Å². The Labute approximate surface area is 175 Å². The van der Waals surface area contributed by atoms with E-state index in [9.17, 15) is 14.7 Å². The summed E-state index contributed by atoms with van der Waals surface area (Å²) in [5.74, 6) is -0.543. The summed E-state index contributed by atoms with van der Waals surface area (Å²) in [6, 6.07) is 9.30. The maximum Gasteiger partial charge on any atom is 0.295 e. The number of carbonyl (C=O) groups is 2. The number of ketones is 1. The van der Waals surface area contributed by atoms with Crippen molar-refractivity contribution in [2.45, 2.75) is 12.5 Å². The molecule has 0 aliphatic carbocycles. The number of nitrogens with zero attached hydrogens (tertiary/aromatic N) is 2. The van der Waals surface area contributed by atoms with Crippen molar-refractivity contribution >= 4 is 17.4 Å². The van der Waals surface area contributed by atoms with E-state index >= 15 is 0 Å². The third-order valence-corrected chi connectivity index (χ3v) is 4.85. The van der Waals surface area contributed by atoms with E-state index in [0.717, 1.165) is 6.54 Å². The molecule has 1 atom stereocenters. The quantitative estimate of drug-likeness (QED) is 0.296. The van der Waals surface area contributed by atoms with Gasteiger partial charge in [0.1, 0.15) is 29.9 Å². The fourth-order valence-corrected chi connectivity index (χ4v) is 3.43. The molecule has 30 heavy (non-hydrogen) atoms. The van der Waals surface area contributed by atoms with Gasteiger partial charge in [0.15, 0.2) is 0 Å². The lowest BCUT2D eigenvalue weighted by molar-refractivity contribution is -0.140. The summed E-state index contributed by atoms with van der Waals surface area (Å²) in [5.41, 5.74) is 0.448. The van der Waals surface area contributed by atoms with Crippen LogP contribution in [-0.2, 0) is 9.59 Å². The van der Waals surface area contributed by atoms with Crippen molar-refractivity contribution in [1.29, 1.82) is 0 Å². The van der Waals surface area contributed by atoms with E-state index in [-0.39, 0.29) is 11.3 Å². The highest BCUT2D eigenvalue weighted by atomic mass is 16.5. The first kappa shape index (κ1) is 21.4. The van der Waals surface area contributed by atoms with Gasteiger partial charge in [-0.25, -0.2) is 0 Å². The summed E-state index contributed by atoms with van der Waals surface area (Å²) < 4.78 is 11.0. The normalized spacial score (nSPS) is 18.2. The predicted octanol–water partition coefficient (Wildman–Crippen LogP) is 3.22. The average molecular weight is 410 g/mol. The standard InChI is InChI=1S/C23H26N2O5/c1-4-14-29-17-10-8-16(9-11-17)21(26)19-20(18-7-5-15-30-18)25(23(28)22(19)27)13-6-12-24(2)3/h4-5,7-11,15,20,26H,1,6,12-14H2,2-3H3/t20-/m0/s1. The van der Waals surface area contributed by atoms with Crippen LogP contribution in [0.1, 0.15) is 23.8 Å². The molecule has 7 nitrogen and oxygen atoms in total. The number of Topliss-reactive ketones (excluding diaryl/α,β-unsaturated/α-hetero) is 1. The Morgan fingerprint density at radius 2 is 2.00 bits per heavy atom. The Hall–Kier alpha value is -3.32. The Bertz CT molecular complexity index is 929. The summed E-state index contributed by atoms with van der Waals surface area (Å²) in [6.07, 6.45) is 3.81. The number of carbonyl (C=O) groups excluding carboxylic acids is 2. The van der Waals surface area contributed by atoms with Gasteiger partial charge in [-0.3, -0.25) is 9.59 Å². The van der Waals surface area contributed by atoms with E-state index in [1.807, 2.05) is 19.0 Å². The van der Waals surface area contributed by atoms with Crippen LogP contribution in [0.3, 0.4) is 0 Å². The predicted molar refractivity (Wildman–Crippen MR) is 113 cm³/mol. The maximum atomic E-state index is 12.8. The van der Waals surface area contributed by atoms with Gasteiger partial charge in [0.2, 0.25) is 0 Å². The summed E-state index contributed by atoms with van der Waals surface area (Å²) in [7, 11) is 3.89. The summed E-state index contributed by atoms with van der Waals surface area (Å²) in [4.78, 5) is 29.1. The van der Waals surface area contributed by atoms with E-state index in [0.29, 0.717) is 36.6 Å². The molecule has 1 fully saturated rings. The van der Waals surface area contributed by atoms with E-state index in [2.05, 4.69) is 6.58 Å². The Morgan fingerprint density at radius 3 is 2.60 bits per heavy atom. The molecule has 1 aliphatic heterocycles. The highest BCUT2D eigenvalue weighted by Crippen LogP contribution is 2.39. The molecule has 1 aromatic heterocycles. The fraction of sp³-hybridized carbons (Fsp3) is 0.304. The zero-order chi connectivity index (χ0) is 21.7. The van der Waals surface area contributed by atoms with Gasteiger partial charge in [-0.2, -0.15) is 0 Å². The monoisotopic (exact) mass is 410 g/mol. The molecule has 1 amide bonds. The number of hydrogen-bond donors (Lipinski definition) is 1. The second kappa shape index (κ2) is 9.45. The minimum atomic E-state index is -0.765. The molecule has 0 saturated carbocycles. The topological polar surface area (TPSA) is 83.2 Å². The molecular formula is C23H26N2O5. The Morgan fingerprint density at radius 1 is 1.27 bits per heavy atom. The van der Waals surface area contributed by atoms with Crippen molar-refractivity contribution in [2.24, 2.45) is 0 Å². The van der Waals surface area contributed by atoms with Crippen LogP contribution in [0.5, 0.6) is 5.75 Å². The SMILES string of the molecule is C=CCOc1ccc(C(O)=C2C(=O)C(=O)N(CCCN(C)C)[C@H]2c2ccco2)cc1. The number of aliphatic hydroxyl groups is 1. The molecule has 2 heterocycles. The molecule has 2 aromatic rings. The van der Waals surface area contributed by atoms with Crippen LogP contribution in [0.4, 0.5) is 0 Å². The second-order valence-electron chi connectivity index (χ2n) is 7.29. The number of rotatable bonds is 9. The van der Waals surface area contributed by atoms with Gasteiger partial charge in [-0.15, -0.1) is 0 Å². The first-order chi connectivity index (χ1) is 14.4. The number of furan rings is 1. The number of hydrogen-bond acceptors (Lipinski definition) is 6. The van der Waals surface area contributed by atoms with Gasteiger partial charge in [0, 0.05) is 12.1 Å². The lowest BCUT2D eigenvalue weighted by atomic mass is 9.99. The van der Waals surface area contributed by atoms with E-state index in [1.165, 1.54) is 11.2 Å². The largest absolute Gasteiger partial charge is 0.507 e. The Balaban J connectivity index is 1.96. The van der Waals surface area contributed by atoms with Crippen LogP contribution in [0, 0.1) is 0 Å². The number of likely N-dealkylation sites (tertiary alicyclic amines) is 1. The molecule has 1 aromatic carbocycles. The summed E-state index contributed by atoms with van der Waals surface area (Å²) in [6.45, 7) is 5.10. The van der Waals surface area contributed by atoms with Crippen molar-refractivity contribution < 1.29 is 23.8 Å². The minimum absolute atomic E-state index is 0.0274. The number of aliphatic hydroxyl groups excluding tert-OH is 1. The molecule has 1 saturated heterocycles. The zero-order valence-corrected chi connectivity index (χ0v) is 17.2. The smallest absolute Gasteiger partial charge is 0.295 e. The van der Waals surface area contributed by atoms with Crippen LogP contribution < -0.4 is 4.74 Å². The molecule has 1 N–H and O–H groups in total. The van der Waals surface area contributed by atoms with Crippen molar-refractivity contribution in [1.82, 2.24) is 9.80 Å². The third kappa shape index (κ3) is 4.46. The average Bonchev–Trinajstić information content (AvgIpc) is 3.34. The molecule has 0 unspecified atom stereocenters. The van der Waals surface area contributed by atoms with Crippen LogP contribution in [0.25, 0.3) is 5.76 Å². The van der Waals surface area contributed by atoms with Crippen LogP contribution in [0.2, 0.25) is 0 Å². The molecular weight excluding hydrogens is 384 g/mol. The van der Waals surface area contributed by atoms with Gasteiger partial charge in [-0.1, -0.05) is 12.7 Å². The zero-order valence-electron chi connectivity index (χ0n) is 17.2. The first-order valence-electron chi connectivity index (χ1n) is 9.74. The maximum absolute atomic E-state index is 12.8. The minimum Gasteiger partial charge on any atom is -0.507 e. The van der Waals surface area contributed by atoms with Crippen LogP contribution >= 0.6 is 0 Å². The first-order valence-corrected chi connectivity index (χ1v) is 9.74. The lowest BCUT2D eigenvalue weighted by Crippen LogP contribution is -2.32. The third-order valence-electron chi connectivity index (χ3n) is 4.85. The molecule has 3 rings (SSSR count). The molecule has 7 heteroatoms. The van der Waals surface area contributed by atoms with Gasteiger partial charge >= 0.3 is 0 Å². The van der Waals surface area contributed by atoms with Crippen LogP contribution in [-0.4, -0.2) is 60.4 Å². The number of benzene rings is 1. The van der Waals surface area contributed by atoms with Crippen molar-refractivity contribution in [2.75, 3.05) is 33.8 Å². The van der Waals surface area contributed by atoms with Gasteiger partial charge in [0.05, 0.1) is 11.8 Å². The molecule has 1 aliphatic rings. The molecule has 0 bridgehead atoms. The number of amides is 1.